The summed E-state index contributed by atoms with van der Waals surface area (Å²) in [7, 11) is 0. The first kappa shape index (κ1) is 11.3. The van der Waals surface area contributed by atoms with Crippen molar-refractivity contribution >= 4 is 54.5 Å². The molecule has 3 amide bonds. The van der Waals surface area contributed by atoms with Crippen LogP contribution in [0.1, 0.15) is 0 Å². The molecule has 0 rings (SSSR count). The number of hydrogen-bond acceptors (Lipinski definition) is 2. The molecule has 7 heteroatoms. The van der Waals surface area contributed by atoms with E-state index in [9.17, 15) is 9.59 Å². The van der Waals surface area contributed by atoms with E-state index in [1.807, 2.05) is 4.97 Å². The molecule has 0 unspecified atom stereocenters. The fourth-order valence-corrected chi connectivity index (χ4v) is 2.74. The molecule has 0 heterocycles. The summed E-state index contributed by atoms with van der Waals surface area (Å²) in [6, 6.07) is -0.452. The van der Waals surface area contributed by atoms with Crippen molar-refractivity contribution < 1.29 is 14.7 Å². The number of carboxylic acid groups (broad SMARTS) is 1. The third kappa shape index (κ3) is 4.03. The molecule has 0 aromatic heterocycles. The third-order valence-electron chi connectivity index (χ3n) is 0.730. The number of carbonyl (C=O) groups is 2. The monoisotopic (exact) mass is 392 g/mol. The van der Waals surface area contributed by atoms with Crippen molar-refractivity contribution in [2.45, 2.75) is 9.94 Å². The van der Waals surface area contributed by atoms with E-state index in [0.29, 0.717) is 0 Å². The summed E-state index contributed by atoms with van der Waals surface area (Å²) in [5.41, 5.74) is 0. The summed E-state index contributed by atoms with van der Waals surface area (Å²) in [5, 5.41) is 8.48. The van der Waals surface area contributed by atoms with Gasteiger partial charge in [-0.05, 0) is 0 Å². The maximum absolute atomic E-state index is 10.9. The van der Waals surface area contributed by atoms with Crippen molar-refractivity contribution in [3.8, 4) is 0 Å². The molecule has 0 fully saturated rings. The summed E-state index contributed by atoms with van der Waals surface area (Å²) < 4.78 is 3.42. The normalized spacial score (nSPS) is 8.91. The van der Waals surface area contributed by atoms with Crippen molar-refractivity contribution in [1.82, 2.24) is 6.72 Å². The van der Waals surface area contributed by atoms with E-state index in [1.165, 1.54) is 0 Å². The van der Waals surface area contributed by atoms with Crippen LogP contribution in [-0.4, -0.2) is 62.8 Å². The Bertz CT molecular complexity index is 163. The van der Waals surface area contributed by atoms with Gasteiger partial charge in [0, 0.05) is 0 Å². The van der Waals surface area contributed by atoms with Crippen LogP contribution in [0.25, 0.3) is 0 Å². The molecule has 0 aliphatic carbocycles. The van der Waals surface area contributed by atoms with Crippen LogP contribution in [0.3, 0.4) is 0 Å². The molecule has 0 atom stereocenters. The van der Waals surface area contributed by atoms with E-state index in [2.05, 4.69) is 3.57 Å². The van der Waals surface area contributed by atoms with Crippen LogP contribution in [0.4, 0.5) is 9.59 Å². The van der Waals surface area contributed by atoms with E-state index in [0.717, 1.165) is 3.15 Å². The van der Waals surface area contributed by atoms with Crippen molar-refractivity contribution in [1.29, 1.82) is 0 Å². The van der Waals surface area contributed by atoms with Crippen LogP contribution in [0.2, 0.25) is 9.94 Å². The predicted octanol–water partition coefficient (Wildman–Crippen LogP) is 0.0106. The van der Waals surface area contributed by atoms with Gasteiger partial charge in [0.05, 0.1) is 0 Å². The zero-order chi connectivity index (χ0) is 8.85. The van der Waals surface area contributed by atoms with Gasteiger partial charge < -0.3 is 0 Å². The topological polar surface area (TPSA) is 69.6 Å². The van der Waals surface area contributed by atoms with Crippen LogP contribution >= 0.6 is 0 Å². The molecule has 0 saturated carbocycles. The first-order valence-corrected chi connectivity index (χ1v) is 9.40. The van der Waals surface area contributed by atoms with Crippen LogP contribution in [0.5, 0.6) is 0 Å². The van der Waals surface area contributed by atoms with Gasteiger partial charge in [0.25, 0.3) is 0 Å². The second-order valence-corrected chi connectivity index (χ2v) is 5.20. The molecule has 0 aliphatic heterocycles. The number of hydrogen-bond donors (Lipinski definition) is 2. The molecule has 0 saturated heterocycles. The maximum atomic E-state index is 10.9. The van der Waals surface area contributed by atoms with Gasteiger partial charge in [0.15, 0.2) is 0 Å². The number of rotatable bonds is 2. The second kappa shape index (κ2) is 5.91. The van der Waals surface area contributed by atoms with Gasteiger partial charge in [-0.15, -0.1) is 0 Å². The van der Waals surface area contributed by atoms with Gasteiger partial charge in [0.1, 0.15) is 0 Å². The van der Waals surface area contributed by atoms with Crippen LogP contribution in [0.15, 0.2) is 0 Å². The van der Waals surface area contributed by atoms with E-state index in [-0.39, 0.29) is 0 Å². The van der Waals surface area contributed by atoms with Gasteiger partial charge in [-0.1, -0.05) is 0 Å². The standard InChI is InChI=1S/C4H8N2O3Te2/c1-10-5-3(7)6(11-2)4(8)9/h1-2H3,(H,5,7)(H,8,9). The van der Waals surface area contributed by atoms with Gasteiger partial charge in [-0.25, -0.2) is 0 Å². The number of nitrogens with zero attached hydrogens (tertiary/aromatic N) is 1. The first-order valence-electron chi connectivity index (χ1n) is 2.53. The van der Waals surface area contributed by atoms with Gasteiger partial charge in [-0.2, -0.15) is 0 Å². The molecule has 0 spiro atoms. The molecule has 0 aromatic carbocycles. The molecule has 11 heavy (non-hydrogen) atoms. The summed E-state index contributed by atoms with van der Waals surface area (Å²) in [6.07, 6.45) is -1.15. The molecule has 2 N–H and O–H groups in total. The first-order chi connectivity index (χ1) is 5.13. The summed E-state index contributed by atoms with van der Waals surface area (Å²) in [6.45, 7) is 0. The van der Waals surface area contributed by atoms with Gasteiger partial charge in [-0.3, -0.25) is 0 Å². The predicted molar refractivity (Wildman–Crippen MR) is 41.6 cm³/mol. The fourth-order valence-electron chi connectivity index (χ4n) is 0.377. The fraction of sp³-hybridized carbons (Fsp3) is 0.500. The zero-order valence-electron chi connectivity index (χ0n) is 6.03. The quantitative estimate of drug-likeness (QED) is 0.656. The molecular weight excluding hydrogens is 379 g/mol. The van der Waals surface area contributed by atoms with Gasteiger partial charge >= 0.3 is 85.9 Å². The minimum absolute atomic E-state index is 0.452. The molecule has 5 nitrogen and oxygen atoms in total. The Morgan fingerprint density at radius 1 is 1.45 bits per heavy atom. The van der Waals surface area contributed by atoms with E-state index >= 15 is 0 Å². The van der Waals surface area contributed by atoms with Crippen LogP contribution in [-0.2, 0) is 0 Å². The SMILES string of the molecule is C[Te]NC(=O)N([Te]C)C(=O)O. The Morgan fingerprint density at radius 2 is 2.00 bits per heavy atom. The number of amides is 3. The number of carbonyl (C=O) groups excluding carboxylic acids is 1. The Labute approximate surface area is 85.4 Å². The van der Waals surface area contributed by atoms with E-state index in [1.54, 1.807) is 4.97 Å². The Kier molecular flexibility index (Phi) is 6.08. The molecule has 0 aromatic rings. The van der Waals surface area contributed by atoms with Crippen LogP contribution < -0.4 is 3.57 Å². The summed E-state index contributed by atoms with van der Waals surface area (Å²) in [5.74, 6) is 0. The molecule has 64 valence electrons. The number of urea groups is 1. The Balaban J connectivity index is 4.03. The number of nitrogens with one attached hydrogen (secondary N) is 1. The second-order valence-electron chi connectivity index (χ2n) is 1.37. The molecular formula is C4H8N2O3Te2. The van der Waals surface area contributed by atoms with Crippen molar-refractivity contribution in [3.63, 3.8) is 0 Å². The zero-order valence-corrected chi connectivity index (χ0v) is 10.7. The summed E-state index contributed by atoms with van der Waals surface area (Å²) >= 11 is -1.41. The third-order valence-corrected chi connectivity index (χ3v) is 3.77. The molecule has 0 radical (unpaired) electrons. The van der Waals surface area contributed by atoms with E-state index in [4.69, 9.17) is 5.11 Å². The Morgan fingerprint density at radius 3 is 2.27 bits per heavy atom. The average molecular weight is 387 g/mol. The van der Waals surface area contributed by atoms with E-state index < -0.39 is 54.5 Å². The molecule has 0 aliphatic rings. The van der Waals surface area contributed by atoms with Crippen LogP contribution in [0, 0.1) is 0 Å². The van der Waals surface area contributed by atoms with Crippen molar-refractivity contribution in [3.05, 3.63) is 0 Å². The minimum atomic E-state index is -1.15. The van der Waals surface area contributed by atoms with Gasteiger partial charge in [0.2, 0.25) is 0 Å². The van der Waals surface area contributed by atoms with Crippen molar-refractivity contribution in [2.75, 3.05) is 0 Å². The Hall–Kier alpha value is 0.319. The molecule has 0 bridgehead atoms. The number of imide groups is 1. The average Bonchev–Trinajstić information content (AvgIpc) is 1.88. The summed E-state index contributed by atoms with van der Waals surface area (Å²) in [4.78, 5) is 24.9. The van der Waals surface area contributed by atoms with Crippen molar-refractivity contribution in [2.24, 2.45) is 0 Å².